The monoisotopic (exact) mass is 410 g/mol. The van der Waals surface area contributed by atoms with E-state index in [0.717, 1.165) is 44.3 Å². The highest BCUT2D eigenvalue weighted by Gasteiger charge is 2.21. The van der Waals surface area contributed by atoms with Crippen molar-refractivity contribution in [1.29, 1.82) is 0 Å². The molecule has 0 radical (unpaired) electrons. The Morgan fingerprint density at radius 2 is 1.83 bits per heavy atom. The third-order valence-electron chi connectivity index (χ3n) is 5.46. The first-order valence-electron chi connectivity index (χ1n) is 11.4. The summed E-state index contributed by atoms with van der Waals surface area (Å²) in [4.78, 5) is 14.4. The van der Waals surface area contributed by atoms with Gasteiger partial charge in [0.05, 0.1) is 12.5 Å². The van der Waals surface area contributed by atoms with Crippen LogP contribution in [-0.4, -0.2) is 35.6 Å². The number of anilines is 1. The van der Waals surface area contributed by atoms with Crippen molar-refractivity contribution in [1.82, 2.24) is 4.90 Å². The van der Waals surface area contributed by atoms with Crippen molar-refractivity contribution in [2.45, 2.75) is 65.8 Å². The fraction of sp³-hybridized carbons (Fsp3) is 0.500. The smallest absolute Gasteiger partial charge is 0.226 e. The second kappa shape index (κ2) is 12.4. The van der Waals surface area contributed by atoms with E-state index in [4.69, 9.17) is 5.11 Å². The minimum atomic E-state index is 0.250. The SMILES string of the molecule is CC.CCO.Cc1cccc([C@@H]2CCc3cc(CC(=O)N4CCCC4)ccc3N2)c1. The van der Waals surface area contributed by atoms with Gasteiger partial charge in [-0.3, -0.25) is 4.79 Å². The van der Waals surface area contributed by atoms with E-state index in [1.807, 2.05) is 18.7 Å². The maximum atomic E-state index is 12.4. The van der Waals surface area contributed by atoms with Crippen LogP contribution in [0.1, 0.15) is 68.3 Å². The number of benzene rings is 2. The van der Waals surface area contributed by atoms with Crippen LogP contribution in [-0.2, 0) is 17.6 Å². The van der Waals surface area contributed by atoms with Gasteiger partial charge in [-0.15, -0.1) is 0 Å². The Labute approximate surface area is 182 Å². The highest BCUT2D eigenvalue weighted by molar-refractivity contribution is 5.79. The first-order valence-corrected chi connectivity index (χ1v) is 11.4. The first kappa shape index (κ1) is 23.9. The predicted octanol–water partition coefficient (Wildman–Crippen LogP) is 5.28. The Morgan fingerprint density at radius 1 is 1.13 bits per heavy atom. The average Bonchev–Trinajstić information content (AvgIpc) is 3.31. The zero-order valence-electron chi connectivity index (χ0n) is 19.1. The number of nitrogens with one attached hydrogen (secondary N) is 1. The summed E-state index contributed by atoms with van der Waals surface area (Å²) < 4.78 is 0. The summed E-state index contributed by atoms with van der Waals surface area (Å²) in [7, 11) is 0. The summed E-state index contributed by atoms with van der Waals surface area (Å²) >= 11 is 0. The van der Waals surface area contributed by atoms with E-state index in [9.17, 15) is 4.79 Å². The van der Waals surface area contributed by atoms with Gasteiger partial charge >= 0.3 is 0 Å². The van der Waals surface area contributed by atoms with Crippen LogP contribution in [0, 0.1) is 6.92 Å². The van der Waals surface area contributed by atoms with Crippen LogP contribution in [0.15, 0.2) is 42.5 Å². The maximum Gasteiger partial charge on any atom is 0.226 e. The van der Waals surface area contributed by atoms with Gasteiger partial charge in [-0.05, 0) is 62.3 Å². The molecule has 0 aromatic heterocycles. The average molecular weight is 411 g/mol. The molecule has 1 fully saturated rings. The van der Waals surface area contributed by atoms with Crippen molar-refractivity contribution in [3.8, 4) is 0 Å². The van der Waals surface area contributed by atoms with E-state index in [2.05, 4.69) is 54.7 Å². The molecule has 2 N–H and O–H groups in total. The van der Waals surface area contributed by atoms with Crippen LogP contribution in [0.4, 0.5) is 5.69 Å². The number of carbonyl (C=O) groups is 1. The number of hydrogen-bond acceptors (Lipinski definition) is 3. The number of fused-ring (bicyclic) bond motifs is 1. The van der Waals surface area contributed by atoms with E-state index in [1.54, 1.807) is 6.92 Å². The topological polar surface area (TPSA) is 52.6 Å². The Kier molecular flexibility index (Phi) is 9.88. The number of aryl methyl sites for hydroxylation is 2. The summed E-state index contributed by atoms with van der Waals surface area (Å²) in [6.45, 7) is 9.94. The van der Waals surface area contributed by atoms with E-state index in [1.165, 1.54) is 22.4 Å². The summed E-state index contributed by atoms with van der Waals surface area (Å²) in [5, 5.41) is 11.3. The van der Waals surface area contributed by atoms with Gasteiger partial charge in [-0.1, -0.05) is 55.8 Å². The number of aliphatic hydroxyl groups excluding tert-OH is 1. The molecule has 2 aliphatic heterocycles. The number of rotatable bonds is 3. The number of nitrogens with zero attached hydrogens (tertiary/aromatic N) is 1. The van der Waals surface area contributed by atoms with E-state index in [0.29, 0.717) is 12.5 Å². The van der Waals surface area contributed by atoms with Crippen molar-refractivity contribution in [3.63, 3.8) is 0 Å². The van der Waals surface area contributed by atoms with Gasteiger partial charge in [-0.25, -0.2) is 0 Å². The molecule has 0 saturated carbocycles. The largest absolute Gasteiger partial charge is 0.397 e. The number of hydrogen-bond donors (Lipinski definition) is 2. The molecule has 1 amide bonds. The molecule has 4 heteroatoms. The highest BCUT2D eigenvalue weighted by Crippen LogP contribution is 2.33. The maximum absolute atomic E-state index is 12.4. The van der Waals surface area contributed by atoms with Crippen LogP contribution in [0.3, 0.4) is 0 Å². The lowest BCUT2D eigenvalue weighted by molar-refractivity contribution is -0.129. The molecule has 2 aliphatic rings. The van der Waals surface area contributed by atoms with Crippen LogP contribution in [0.2, 0.25) is 0 Å². The number of carbonyl (C=O) groups excluding carboxylic acids is 1. The molecule has 164 valence electrons. The molecule has 1 atom stereocenters. The second-order valence-electron chi connectivity index (χ2n) is 7.72. The van der Waals surface area contributed by atoms with Crippen molar-refractivity contribution in [2.24, 2.45) is 0 Å². The Bertz CT molecular complexity index is 797. The summed E-state index contributed by atoms with van der Waals surface area (Å²) in [5.74, 6) is 0.277. The van der Waals surface area contributed by atoms with Crippen LogP contribution < -0.4 is 5.32 Å². The summed E-state index contributed by atoms with van der Waals surface area (Å²) in [6.07, 6.45) is 5.00. The number of amides is 1. The van der Waals surface area contributed by atoms with Crippen LogP contribution >= 0.6 is 0 Å². The molecule has 2 heterocycles. The van der Waals surface area contributed by atoms with Crippen molar-refractivity contribution >= 4 is 11.6 Å². The molecule has 4 rings (SSSR count). The molecule has 1 saturated heterocycles. The Balaban J connectivity index is 0.000000590. The Morgan fingerprint density at radius 3 is 2.50 bits per heavy atom. The normalized spacial score (nSPS) is 17.0. The van der Waals surface area contributed by atoms with Crippen molar-refractivity contribution in [3.05, 3.63) is 64.7 Å². The summed E-state index contributed by atoms with van der Waals surface area (Å²) in [5.41, 5.74) is 6.37. The van der Waals surface area contributed by atoms with Gasteiger partial charge in [0.25, 0.3) is 0 Å². The molecule has 0 aliphatic carbocycles. The minimum Gasteiger partial charge on any atom is -0.397 e. The van der Waals surface area contributed by atoms with Gasteiger partial charge in [0.2, 0.25) is 5.91 Å². The number of likely N-dealkylation sites (tertiary alicyclic amines) is 1. The summed E-state index contributed by atoms with van der Waals surface area (Å²) in [6, 6.07) is 15.6. The zero-order chi connectivity index (χ0) is 21.9. The zero-order valence-corrected chi connectivity index (χ0v) is 19.1. The molecular weight excluding hydrogens is 372 g/mol. The molecule has 4 nitrogen and oxygen atoms in total. The molecular formula is C26H38N2O2. The van der Waals surface area contributed by atoms with Gasteiger partial charge in [0.15, 0.2) is 0 Å². The van der Waals surface area contributed by atoms with E-state index in [-0.39, 0.29) is 12.5 Å². The lowest BCUT2D eigenvalue weighted by Gasteiger charge is -2.28. The van der Waals surface area contributed by atoms with Gasteiger partial charge in [-0.2, -0.15) is 0 Å². The third-order valence-corrected chi connectivity index (χ3v) is 5.46. The van der Waals surface area contributed by atoms with Gasteiger partial charge < -0.3 is 15.3 Å². The lowest BCUT2D eigenvalue weighted by atomic mass is 9.91. The van der Waals surface area contributed by atoms with E-state index >= 15 is 0 Å². The van der Waals surface area contributed by atoms with Crippen LogP contribution in [0.5, 0.6) is 0 Å². The van der Waals surface area contributed by atoms with E-state index < -0.39 is 0 Å². The van der Waals surface area contributed by atoms with Crippen molar-refractivity contribution < 1.29 is 9.90 Å². The highest BCUT2D eigenvalue weighted by atomic mass is 16.2. The molecule has 0 unspecified atom stereocenters. The van der Waals surface area contributed by atoms with Gasteiger partial charge in [0, 0.05) is 25.4 Å². The minimum absolute atomic E-state index is 0.250. The number of aliphatic hydroxyl groups is 1. The lowest BCUT2D eigenvalue weighted by Crippen LogP contribution is -2.29. The molecule has 2 aromatic rings. The predicted molar refractivity (Wildman–Crippen MR) is 126 cm³/mol. The standard InChI is InChI=1S/C22H26N2O.C2H6O.C2H6/c1-16-5-4-6-18(13-16)21-10-8-19-14-17(7-9-20(19)23-21)15-22(25)24-11-2-3-12-24;1-2-3;1-2/h4-7,9,13-14,21,23H,2-3,8,10-12,15H2,1H3;3H,2H2,1H3;1-2H3/t21-;;/m0../s1. The van der Waals surface area contributed by atoms with Crippen molar-refractivity contribution in [2.75, 3.05) is 25.0 Å². The molecule has 30 heavy (non-hydrogen) atoms. The fourth-order valence-corrected chi connectivity index (χ4v) is 4.05. The quantitative estimate of drug-likeness (QED) is 0.723. The molecule has 0 spiro atoms. The first-order chi connectivity index (χ1) is 14.6. The van der Waals surface area contributed by atoms with Gasteiger partial charge in [0.1, 0.15) is 0 Å². The Hall–Kier alpha value is -2.33. The molecule has 0 bridgehead atoms. The molecule has 2 aromatic carbocycles. The fourth-order valence-electron chi connectivity index (χ4n) is 4.05. The van der Waals surface area contributed by atoms with Crippen LogP contribution in [0.25, 0.3) is 0 Å². The third kappa shape index (κ3) is 6.60. The second-order valence-corrected chi connectivity index (χ2v) is 7.72.